The van der Waals surface area contributed by atoms with Gasteiger partial charge in [0.2, 0.25) is 0 Å². The van der Waals surface area contributed by atoms with Crippen LogP contribution in [0.1, 0.15) is 46.0 Å². The van der Waals surface area contributed by atoms with Gasteiger partial charge in [-0.2, -0.15) is 0 Å². The maximum absolute atomic E-state index is 6.13. The molecule has 0 aromatic rings. The summed E-state index contributed by atoms with van der Waals surface area (Å²) in [5.74, 6) is 0.899. The van der Waals surface area contributed by atoms with Crippen LogP contribution >= 0.6 is 0 Å². The van der Waals surface area contributed by atoms with Crippen LogP contribution in [0.5, 0.6) is 0 Å². The van der Waals surface area contributed by atoms with Crippen molar-refractivity contribution in [3.63, 3.8) is 0 Å². The fourth-order valence-corrected chi connectivity index (χ4v) is 3.51. The molecule has 1 aliphatic heterocycles. The number of ether oxygens (including phenoxy) is 1. The Balaban J connectivity index is 1.96. The monoisotopic (exact) mass is 254 g/mol. The lowest BCUT2D eigenvalue weighted by Gasteiger charge is -2.45. The molecule has 1 aliphatic carbocycles. The van der Waals surface area contributed by atoms with Crippen LogP contribution in [-0.2, 0) is 4.74 Å². The second-order valence-electron chi connectivity index (χ2n) is 6.49. The van der Waals surface area contributed by atoms with E-state index in [4.69, 9.17) is 10.5 Å². The molecule has 1 saturated heterocycles. The first-order valence-corrected chi connectivity index (χ1v) is 7.71. The first-order valence-electron chi connectivity index (χ1n) is 7.71. The normalized spacial score (nSPS) is 38.8. The number of hydrogen-bond acceptors (Lipinski definition) is 3. The van der Waals surface area contributed by atoms with Crippen LogP contribution in [0.4, 0.5) is 0 Å². The van der Waals surface area contributed by atoms with Crippen molar-refractivity contribution in [1.29, 1.82) is 0 Å². The Labute approximate surface area is 112 Å². The summed E-state index contributed by atoms with van der Waals surface area (Å²) in [5.41, 5.74) is 6.52. The lowest BCUT2D eigenvalue weighted by Crippen LogP contribution is -2.52. The molecule has 2 aliphatic rings. The first kappa shape index (κ1) is 14.3. The molecule has 18 heavy (non-hydrogen) atoms. The smallest absolute Gasteiger partial charge is 0.0622 e. The average molecular weight is 254 g/mol. The predicted octanol–water partition coefficient (Wildman–Crippen LogP) is 2.25. The first-order chi connectivity index (χ1) is 8.69. The Bertz CT molecular complexity index is 249. The minimum absolute atomic E-state index is 0.386. The zero-order valence-corrected chi connectivity index (χ0v) is 12.2. The van der Waals surface area contributed by atoms with Gasteiger partial charge in [-0.25, -0.2) is 0 Å². The van der Waals surface area contributed by atoms with Crippen molar-refractivity contribution in [1.82, 2.24) is 4.90 Å². The molecule has 0 spiro atoms. The lowest BCUT2D eigenvalue weighted by atomic mass is 9.70. The Morgan fingerprint density at radius 1 is 1.33 bits per heavy atom. The SMILES string of the molecule is CCC1COCCN1CC1(CN)CCC(C)CC1. The van der Waals surface area contributed by atoms with Crippen molar-refractivity contribution in [2.75, 3.05) is 32.8 Å². The van der Waals surface area contributed by atoms with E-state index in [0.717, 1.165) is 32.2 Å². The second kappa shape index (κ2) is 6.36. The van der Waals surface area contributed by atoms with Crippen molar-refractivity contribution in [2.24, 2.45) is 17.1 Å². The van der Waals surface area contributed by atoms with Crippen LogP contribution in [0.15, 0.2) is 0 Å². The van der Waals surface area contributed by atoms with Crippen LogP contribution in [0.3, 0.4) is 0 Å². The van der Waals surface area contributed by atoms with Crippen LogP contribution in [0.25, 0.3) is 0 Å². The Kier molecular flexibility index (Phi) is 5.05. The molecule has 2 rings (SSSR count). The van der Waals surface area contributed by atoms with E-state index in [1.807, 2.05) is 0 Å². The summed E-state index contributed by atoms with van der Waals surface area (Å²) in [5, 5.41) is 0. The molecule has 1 atom stereocenters. The van der Waals surface area contributed by atoms with Gasteiger partial charge < -0.3 is 10.5 Å². The van der Waals surface area contributed by atoms with Crippen molar-refractivity contribution in [3.8, 4) is 0 Å². The highest BCUT2D eigenvalue weighted by atomic mass is 16.5. The summed E-state index contributed by atoms with van der Waals surface area (Å²) in [4.78, 5) is 2.65. The molecule has 0 bridgehead atoms. The average Bonchev–Trinajstić information content (AvgIpc) is 2.42. The predicted molar refractivity (Wildman–Crippen MR) is 75.6 cm³/mol. The molecule has 0 aromatic carbocycles. The highest BCUT2D eigenvalue weighted by molar-refractivity contribution is 4.90. The third kappa shape index (κ3) is 3.25. The highest BCUT2D eigenvalue weighted by Gasteiger charge is 2.36. The zero-order chi connectivity index (χ0) is 13.0. The maximum atomic E-state index is 6.13. The van der Waals surface area contributed by atoms with E-state index in [1.165, 1.54) is 38.6 Å². The number of rotatable bonds is 4. The largest absolute Gasteiger partial charge is 0.378 e. The van der Waals surface area contributed by atoms with Crippen LogP contribution < -0.4 is 5.73 Å². The molecule has 0 radical (unpaired) electrons. The van der Waals surface area contributed by atoms with E-state index in [1.54, 1.807) is 0 Å². The van der Waals surface area contributed by atoms with Crippen molar-refractivity contribution in [3.05, 3.63) is 0 Å². The van der Waals surface area contributed by atoms with E-state index in [-0.39, 0.29) is 0 Å². The van der Waals surface area contributed by atoms with E-state index < -0.39 is 0 Å². The summed E-state index contributed by atoms with van der Waals surface area (Å²) >= 11 is 0. The second-order valence-corrected chi connectivity index (χ2v) is 6.49. The van der Waals surface area contributed by atoms with Gasteiger partial charge in [0.25, 0.3) is 0 Å². The van der Waals surface area contributed by atoms with Gasteiger partial charge >= 0.3 is 0 Å². The van der Waals surface area contributed by atoms with Crippen LogP contribution in [-0.4, -0.2) is 43.8 Å². The fourth-order valence-electron chi connectivity index (χ4n) is 3.51. The summed E-state index contributed by atoms with van der Waals surface area (Å²) in [6.45, 7) is 9.59. The minimum atomic E-state index is 0.386. The van der Waals surface area contributed by atoms with Crippen molar-refractivity contribution < 1.29 is 4.74 Å². The molecular formula is C15H30N2O. The summed E-state index contributed by atoms with van der Waals surface area (Å²) < 4.78 is 5.60. The Morgan fingerprint density at radius 3 is 2.67 bits per heavy atom. The summed E-state index contributed by atoms with van der Waals surface area (Å²) in [7, 11) is 0. The summed E-state index contributed by atoms with van der Waals surface area (Å²) in [6.07, 6.45) is 6.55. The molecule has 1 unspecified atom stereocenters. The molecule has 3 heteroatoms. The van der Waals surface area contributed by atoms with Gasteiger partial charge in [0, 0.05) is 19.1 Å². The standard InChI is InChI=1S/C15H30N2O/c1-3-14-10-18-9-8-17(14)12-15(11-16)6-4-13(2)5-7-15/h13-14H,3-12,16H2,1-2H3. The van der Waals surface area contributed by atoms with Gasteiger partial charge in [-0.15, -0.1) is 0 Å². The highest BCUT2D eigenvalue weighted by Crippen LogP contribution is 2.39. The van der Waals surface area contributed by atoms with Crippen molar-refractivity contribution >= 4 is 0 Å². The lowest BCUT2D eigenvalue weighted by molar-refractivity contribution is -0.0347. The third-order valence-electron chi connectivity index (χ3n) is 5.13. The minimum Gasteiger partial charge on any atom is -0.378 e. The van der Waals surface area contributed by atoms with Gasteiger partial charge in [-0.1, -0.05) is 26.7 Å². The van der Waals surface area contributed by atoms with E-state index >= 15 is 0 Å². The molecule has 2 fully saturated rings. The fraction of sp³-hybridized carbons (Fsp3) is 1.00. The molecule has 0 aromatic heterocycles. The Hall–Kier alpha value is -0.120. The van der Waals surface area contributed by atoms with E-state index in [9.17, 15) is 0 Å². The topological polar surface area (TPSA) is 38.5 Å². The molecule has 0 amide bonds. The van der Waals surface area contributed by atoms with Gasteiger partial charge in [0.05, 0.1) is 13.2 Å². The molecular weight excluding hydrogens is 224 g/mol. The number of morpholine rings is 1. The number of hydrogen-bond donors (Lipinski definition) is 1. The molecule has 106 valence electrons. The van der Waals surface area contributed by atoms with Crippen molar-refractivity contribution in [2.45, 2.75) is 52.0 Å². The molecule has 2 N–H and O–H groups in total. The quantitative estimate of drug-likeness (QED) is 0.836. The van der Waals surface area contributed by atoms with E-state index in [2.05, 4.69) is 18.7 Å². The maximum Gasteiger partial charge on any atom is 0.0622 e. The van der Waals surface area contributed by atoms with Crippen LogP contribution in [0.2, 0.25) is 0 Å². The Morgan fingerprint density at radius 2 is 2.06 bits per heavy atom. The van der Waals surface area contributed by atoms with Gasteiger partial charge in [0.1, 0.15) is 0 Å². The van der Waals surface area contributed by atoms with Gasteiger partial charge in [0.15, 0.2) is 0 Å². The summed E-state index contributed by atoms with van der Waals surface area (Å²) in [6, 6.07) is 0.613. The zero-order valence-electron chi connectivity index (χ0n) is 12.2. The van der Waals surface area contributed by atoms with Gasteiger partial charge in [-0.3, -0.25) is 4.90 Å². The van der Waals surface area contributed by atoms with E-state index in [0.29, 0.717) is 11.5 Å². The van der Waals surface area contributed by atoms with Crippen LogP contribution in [0, 0.1) is 11.3 Å². The van der Waals surface area contributed by atoms with Gasteiger partial charge in [-0.05, 0) is 37.1 Å². The molecule has 3 nitrogen and oxygen atoms in total. The molecule has 1 saturated carbocycles. The molecule has 1 heterocycles. The third-order valence-corrected chi connectivity index (χ3v) is 5.13. The number of nitrogens with two attached hydrogens (primary N) is 1. The number of nitrogens with zero attached hydrogens (tertiary/aromatic N) is 1.